The maximum Gasteiger partial charge on any atom is 0.140 e. The predicted molar refractivity (Wildman–Crippen MR) is 265 cm³/mol. The fourth-order valence-electron chi connectivity index (χ4n) is 10.8. The first-order valence-corrected chi connectivity index (χ1v) is 22.0. The molecule has 2 aliphatic carbocycles. The van der Waals surface area contributed by atoms with Crippen molar-refractivity contribution < 1.29 is 4.42 Å². The lowest BCUT2D eigenvalue weighted by molar-refractivity contribution is 0.628. The number of rotatable bonds is 7. The zero-order valence-electron chi connectivity index (χ0n) is 34.9. The van der Waals surface area contributed by atoms with Crippen LogP contribution in [-0.4, -0.2) is 0 Å². The molecule has 0 saturated heterocycles. The van der Waals surface area contributed by atoms with Crippen molar-refractivity contribution in [2.75, 3.05) is 9.80 Å². The van der Waals surface area contributed by atoms with E-state index in [1.165, 1.54) is 55.3 Å². The quantitative estimate of drug-likeness (QED) is 0.160. The highest BCUT2D eigenvalue weighted by molar-refractivity contribution is 6.04. The molecular weight excluding hydrogens is 777 g/mol. The summed E-state index contributed by atoms with van der Waals surface area (Å²) in [5, 5.41) is 3.54. The molecule has 10 aromatic carbocycles. The lowest BCUT2D eigenvalue weighted by Gasteiger charge is -2.32. The summed E-state index contributed by atoms with van der Waals surface area (Å²) in [5.74, 6) is 0.924. The Kier molecular flexibility index (Phi) is 8.13. The fraction of sp³-hybridized carbons (Fsp3) is 0.0164. The van der Waals surface area contributed by atoms with Crippen molar-refractivity contribution in [1.82, 2.24) is 0 Å². The monoisotopic (exact) mass is 816 g/mol. The van der Waals surface area contributed by atoms with Crippen LogP contribution in [0.25, 0.3) is 55.3 Å². The number of benzene rings is 10. The number of para-hydroxylation sites is 3. The second-order valence-corrected chi connectivity index (χ2v) is 16.8. The van der Waals surface area contributed by atoms with Crippen LogP contribution in [0, 0.1) is 0 Å². The van der Waals surface area contributed by atoms with Crippen LogP contribution in [0.15, 0.2) is 247 Å². The molecule has 3 nitrogen and oxygen atoms in total. The van der Waals surface area contributed by atoms with Crippen LogP contribution in [0.5, 0.6) is 0 Å². The maximum atomic E-state index is 7.10. The van der Waals surface area contributed by atoms with Crippen LogP contribution in [-0.2, 0) is 5.41 Å². The SMILES string of the molecule is c1ccc(-c2ccc(N(c3ccccc3)c3ccc4c(c3)-c3oc5ccccc5c3C43c4ccccc4-c4ccc(N(c5ccccc5)c5cccc6ccccc56)cc43)cc2)cc1. The summed E-state index contributed by atoms with van der Waals surface area (Å²) in [7, 11) is 0. The summed E-state index contributed by atoms with van der Waals surface area (Å²) < 4.78 is 7.10. The molecule has 0 aliphatic heterocycles. The van der Waals surface area contributed by atoms with E-state index >= 15 is 0 Å². The van der Waals surface area contributed by atoms with E-state index in [1.807, 2.05) is 0 Å². The van der Waals surface area contributed by atoms with Gasteiger partial charge in [0.1, 0.15) is 11.3 Å². The Morgan fingerprint density at radius 1 is 0.328 bits per heavy atom. The third kappa shape index (κ3) is 5.34. The highest BCUT2D eigenvalue weighted by Gasteiger charge is 2.54. The summed E-state index contributed by atoms with van der Waals surface area (Å²) in [4.78, 5) is 4.78. The van der Waals surface area contributed by atoms with Gasteiger partial charge in [0.15, 0.2) is 0 Å². The predicted octanol–water partition coefficient (Wildman–Crippen LogP) is 16.5. The van der Waals surface area contributed by atoms with Crippen molar-refractivity contribution in [1.29, 1.82) is 0 Å². The van der Waals surface area contributed by atoms with Gasteiger partial charge >= 0.3 is 0 Å². The van der Waals surface area contributed by atoms with Gasteiger partial charge in [-0.2, -0.15) is 0 Å². The number of anilines is 6. The van der Waals surface area contributed by atoms with Crippen LogP contribution < -0.4 is 9.80 Å². The molecule has 1 atom stereocenters. The smallest absolute Gasteiger partial charge is 0.140 e. The lowest BCUT2D eigenvalue weighted by Crippen LogP contribution is -2.26. The van der Waals surface area contributed by atoms with Gasteiger partial charge in [0.25, 0.3) is 0 Å². The molecular formula is C61H40N2O. The van der Waals surface area contributed by atoms with Crippen molar-refractivity contribution >= 4 is 55.9 Å². The van der Waals surface area contributed by atoms with E-state index in [4.69, 9.17) is 4.42 Å². The first-order chi connectivity index (χ1) is 31.8. The molecule has 1 aromatic heterocycles. The van der Waals surface area contributed by atoms with E-state index in [2.05, 4.69) is 252 Å². The number of hydrogen-bond donors (Lipinski definition) is 0. The molecule has 13 rings (SSSR count). The molecule has 0 amide bonds. The van der Waals surface area contributed by atoms with E-state index in [0.29, 0.717) is 0 Å². The molecule has 1 heterocycles. The molecule has 11 aromatic rings. The zero-order valence-corrected chi connectivity index (χ0v) is 34.9. The molecule has 1 spiro atoms. The minimum atomic E-state index is -0.645. The van der Waals surface area contributed by atoms with E-state index in [1.54, 1.807) is 0 Å². The number of fused-ring (bicyclic) bond motifs is 13. The van der Waals surface area contributed by atoms with Gasteiger partial charge in [-0.15, -0.1) is 0 Å². The highest BCUT2D eigenvalue weighted by atomic mass is 16.3. The van der Waals surface area contributed by atoms with Crippen LogP contribution in [0.4, 0.5) is 34.1 Å². The van der Waals surface area contributed by atoms with Crippen molar-refractivity contribution in [2.24, 2.45) is 0 Å². The van der Waals surface area contributed by atoms with Gasteiger partial charge in [0.2, 0.25) is 0 Å². The summed E-state index contributed by atoms with van der Waals surface area (Å²) in [6.07, 6.45) is 0. The largest absolute Gasteiger partial charge is 0.456 e. The van der Waals surface area contributed by atoms with Gasteiger partial charge in [0.05, 0.1) is 11.1 Å². The van der Waals surface area contributed by atoms with E-state index < -0.39 is 5.41 Å². The molecule has 0 saturated carbocycles. The Morgan fingerprint density at radius 2 is 0.875 bits per heavy atom. The number of hydrogen-bond acceptors (Lipinski definition) is 3. The van der Waals surface area contributed by atoms with E-state index in [9.17, 15) is 0 Å². The second kappa shape index (κ2) is 14.3. The first kappa shape index (κ1) is 36.3. The van der Waals surface area contributed by atoms with Gasteiger partial charge in [-0.1, -0.05) is 170 Å². The van der Waals surface area contributed by atoms with Crippen LogP contribution >= 0.6 is 0 Å². The number of nitrogens with zero attached hydrogens (tertiary/aromatic N) is 2. The molecule has 0 radical (unpaired) electrons. The lowest BCUT2D eigenvalue weighted by atomic mass is 9.70. The van der Waals surface area contributed by atoms with Gasteiger partial charge in [-0.3, -0.25) is 0 Å². The third-order valence-corrected chi connectivity index (χ3v) is 13.4. The van der Waals surface area contributed by atoms with Crippen LogP contribution in [0.1, 0.15) is 22.3 Å². The van der Waals surface area contributed by atoms with Crippen molar-refractivity contribution in [3.05, 3.63) is 265 Å². The molecule has 0 fully saturated rings. The fourth-order valence-corrected chi connectivity index (χ4v) is 10.8. The van der Waals surface area contributed by atoms with E-state index in [0.717, 1.165) is 56.4 Å². The highest BCUT2D eigenvalue weighted by Crippen LogP contribution is 2.66. The van der Waals surface area contributed by atoms with Gasteiger partial charge < -0.3 is 14.2 Å². The van der Waals surface area contributed by atoms with Crippen LogP contribution in [0.2, 0.25) is 0 Å². The van der Waals surface area contributed by atoms with Crippen molar-refractivity contribution in [2.45, 2.75) is 5.41 Å². The van der Waals surface area contributed by atoms with Crippen molar-refractivity contribution in [3.63, 3.8) is 0 Å². The second-order valence-electron chi connectivity index (χ2n) is 16.8. The minimum Gasteiger partial charge on any atom is -0.456 e. The third-order valence-electron chi connectivity index (χ3n) is 13.4. The Labute approximate surface area is 372 Å². The summed E-state index contributed by atoms with van der Waals surface area (Å²) in [6.45, 7) is 0. The molecule has 1 unspecified atom stereocenters. The van der Waals surface area contributed by atoms with Crippen molar-refractivity contribution in [3.8, 4) is 33.6 Å². The average Bonchev–Trinajstić information content (AvgIpc) is 3.99. The summed E-state index contributed by atoms with van der Waals surface area (Å²) in [6, 6.07) is 88.0. The molecule has 0 bridgehead atoms. The average molecular weight is 817 g/mol. The Balaban J connectivity index is 1.06. The normalized spacial score (nSPS) is 14.3. The summed E-state index contributed by atoms with van der Waals surface area (Å²) >= 11 is 0. The van der Waals surface area contributed by atoms with Crippen LogP contribution in [0.3, 0.4) is 0 Å². The Bertz CT molecular complexity index is 3550. The van der Waals surface area contributed by atoms with Gasteiger partial charge in [-0.25, -0.2) is 0 Å². The maximum absolute atomic E-state index is 7.10. The van der Waals surface area contributed by atoms with Gasteiger partial charge in [0, 0.05) is 50.3 Å². The first-order valence-electron chi connectivity index (χ1n) is 22.0. The minimum absolute atomic E-state index is 0.645. The Hall–Kier alpha value is -8.40. The van der Waals surface area contributed by atoms with E-state index in [-0.39, 0.29) is 0 Å². The molecule has 3 heteroatoms. The Morgan fingerprint density at radius 3 is 1.67 bits per heavy atom. The zero-order chi connectivity index (χ0) is 42.2. The molecule has 2 aliphatic rings. The van der Waals surface area contributed by atoms with Gasteiger partial charge in [-0.05, 0) is 117 Å². The molecule has 64 heavy (non-hydrogen) atoms. The number of furan rings is 1. The molecule has 0 N–H and O–H groups in total. The molecule has 300 valence electrons. The summed E-state index contributed by atoms with van der Waals surface area (Å²) in [5.41, 5.74) is 17.7. The standard InChI is InChI=1S/C61H40N2O/c1-4-17-41(18-5-1)42-31-33-46(34-32-42)62(44-21-6-2-7-22-44)47-36-38-55-53(39-47)60-59(52-27-13-15-30-58(52)64-60)61(55)54-28-14-12-26-50(54)51-37-35-48(40-56(51)61)63(45-23-8-3-9-24-45)57-29-16-20-43-19-10-11-25-49(43)57/h1-40H. The topological polar surface area (TPSA) is 19.6 Å².